The van der Waals surface area contributed by atoms with Gasteiger partial charge < -0.3 is 15.6 Å². The molecule has 0 amide bonds. The minimum absolute atomic E-state index is 0.203. The molecule has 3 aromatic rings. The lowest BCUT2D eigenvalue weighted by Crippen LogP contribution is -2.09. The molecule has 0 bridgehead atoms. The Morgan fingerprint density at radius 2 is 1.39 bits per heavy atom. The van der Waals surface area contributed by atoms with E-state index in [0.29, 0.717) is 11.4 Å². The number of rotatable bonds is 5. The number of anilines is 1. The quantitative estimate of drug-likeness (QED) is 0.699. The summed E-state index contributed by atoms with van der Waals surface area (Å²) in [6.07, 6.45) is -0.669. The van der Waals surface area contributed by atoms with Crippen LogP contribution < -0.4 is 10.5 Å². The zero-order valence-corrected chi connectivity index (χ0v) is 12.7. The molecule has 0 aliphatic heterocycles. The fourth-order valence-electron chi connectivity index (χ4n) is 2.36. The molecule has 0 fully saturated rings. The lowest BCUT2D eigenvalue weighted by molar-refractivity contribution is 0.108. The largest absolute Gasteiger partial charge is 0.491 e. The van der Waals surface area contributed by atoms with Crippen LogP contribution in [0.5, 0.6) is 5.75 Å². The summed E-state index contributed by atoms with van der Waals surface area (Å²) < 4.78 is 5.59. The van der Waals surface area contributed by atoms with Gasteiger partial charge >= 0.3 is 0 Å². The Morgan fingerprint density at radius 1 is 0.783 bits per heavy atom. The van der Waals surface area contributed by atoms with Crippen LogP contribution >= 0.6 is 0 Å². The van der Waals surface area contributed by atoms with Crippen molar-refractivity contribution in [3.05, 3.63) is 84.4 Å². The van der Waals surface area contributed by atoms with Gasteiger partial charge in [0.1, 0.15) is 18.5 Å². The number of aliphatic hydroxyl groups is 1. The van der Waals surface area contributed by atoms with Gasteiger partial charge in [0.2, 0.25) is 0 Å². The van der Waals surface area contributed by atoms with Crippen LogP contribution in [0.1, 0.15) is 11.7 Å². The average molecular weight is 305 g/mol. The molecule has 3 rings (SSSR count). The highest BCUT2D eigenvalue weighted by Gasteiger charge is 2.09. The van der Waals surface area contributed by atoms with Gasteiger partial charge in [0.15, 0.2) is 0 Å². The average Bonchev–Trinajstić information content (AvgIpc) is 2.62. The molecular formula is C20H19NO2. The van der Waals surface area contributed by atoms with E-state index >= 15 is 0 Å². The van der Waals surface area contributed by atoms with E-state index < -0.39 is 6.10 Å². The third-order valence-corrected chi connectivity index (χ3v) is 3.69. The highest BCUT2D eigenvalue weighted by Crippen LogP contribution is 2.22. The van der Waals surface area contributed by atoms with Crippen LogP contribution in [0, 0.1) is 0 Å². The summed E-state index contributed by atoms with van der Waals surface area (Å²) in [6.45, 7) is 0.203. The van der Waals surface area contributed by atoms with Gasteiger partial charge in [-0.05, 0) is 41.0 Å². The van der Waals surface area contributed by atoms with Gasteiger partial charge in [-0.2, -0.15) is 0 Å². The molecule has 116 valence electrons. The first-order valence-electron chi connectivity index (χ1n) is 7.54. The molecule has 1 atom stereocenters. The third-order valence-electron chi connectivity index (χ3n) is 3.69. The summed E-state index contributed by atoms with van der Waals surface area (Å²) in [4.78, 5) is 0. The lowest BCUT2D eigenvalue weighted by Gasteiger charge is -2.13. The van der Waals surface area contributed by atoms with E-state index in [1.54, 1.807) is 24.3 Å². The Labute approximate surface area is 136 Å². The molecule has 0 saturated heterocycles. The third kappa shape index (κ3) is 3.90. The number of hydrogen-bond donors (Lipinski definition) is 2. The first-order chi connectivity index (χ1) is 11.2. The minimum atomic E-state index is -0.669. The molecule has 0 saturated carbocycles. The highest BCUT2D eigenvalue weighted by molar-refractivity contribution is 5.63. The predicted octanol–water partition coefficient (Wildman–Crippen LogP) is 4.05. The normalized spacial score (nSPS) is 11.9. The summed E-state index contributed by atoms with van der Waals surface area (Å²) in [5.74, 6) is 0.694. The molecule has 3 aromatic carbocycles. The maximum Gasteiger partial charge on any atom is 0.119 e. The number of hydrogen-bond acceptors (Lipinski definition) is 3. The summed E-state index contributed by atoms with van der Waals surface area (Å²) in [5, 5.41) is 10.2. The first kappa shape index (κ1) is 15.1. The maximum atomic E-state index is 10.2. The second kappa shape index (κ2) is 6.99. The number of nitrogens with two attached hydrogens (primary N) is 1. The van der Waals surface area contributed by atoms with Crippen LogP contribution in [0.2, 0.25) is 0 Å². The molecule has 3 N–H and O–H groups in total. The second-order valence-electron chi connectivity index (χ2n) is 5.38. The maximum absolute atomic E-state index is 10.2. The van der Waals surface area contributed by atoms with Gasteiger partial charge in [0.05, 0.1) is 0 Å². The van der Waals surface area contributed by atoms with Gasteiger partial charge in [-0.3, -0.25) is 0 Å². The Balaban J connectivity index is 1.63. The number of benzene rings is 3. The molecule has 0 aromatic heterocycles. The number of ether oxygens (including phenoxy) is 1. The first-order valence-corrected chi connectivity index (χ1v) is 7.54. The predicted molar refractivity (Wildman–Crippen MR) is 93.2 cm³/mol. The zero-order valence-electron chi connectivity index (χ0n) is 12.7. The molecule has 23 heavy (non-hydrogen) atoms. The molecule has 1 unspecified atom stereocenters. The van der Waals surface area contributed by atoms with Crippen molar-refractivity contribution in [2.75, 3.05) is 12.3 Å². The van der Waals surface area contributed by atoms with Crippen LogP contribution in [0.4, 0.5) is 5.69 Å². The van der Waals surface area contributed by atoms with Crippen LogP contribution in [0.25, 0.3) is 11.1 Å². The Hall–Kier alpha value is -2.78. The Morgan fingerprint density at radius 3 is 2.04 bits per heavy atom. The highest BCUT2D eigenvalue weighted by atomic mass is 16.5. The van der Waals surface area contributed by atoms with E-state index in [9.17, 15) is 5.11 Å². The van der Waals surface area contributed by atoms with Crippen LogP contribution in [0.3, 0.4) is 0 Å². The monoisotopic (exact) mass is 305 g/mol. The van der Waals surface area contributed by atoms with Crippen LogP contribution in [-0.4, -0.2) is 11.7 Å². The fourth-order valence-corrected chi connectivity index (χ4v) is 2.36. The van der Waals surface area contributed by atoms with Gasteiger partial charge in [0, 0.05) is 5.69 Å². The smallest absolute Gasteiger partial charge is 0.119 e. The summed E-state index contributed by atoms with van der Waals surface area (Å²) >= 11 is 0. The minimum Gasteiger partial charge on any atom is -0.491 e. The van der Waals surface area contributed by atoms with Crippen molar-refractivity contribution in [3.8, 4) is 16.9 Å². The van der Waals surface area contributed by atoms with E-state index in [-0.39, 0.29) is 6.61 Å². The van der Waals surface area contributed by atoms with Crippen molar-refractivity contribution in [2.24, 2.45) is 0 Å². The van der Waals surface area contributed by atoms with Crippen molar-refractivity contribution in [1.29, 1.82) is 0 Å². The molecular weight excluding hydrogens is 286 g/mol. The summed E-state index contributed by atoms with van der Waals surface area (Å²) in [6, 6.07) is 25.2. The van der Waals surface area contributed by atoms with Gasteiger partial charge in [-0.1, -0.05) is 54.6 Å². The van der Waals surface area contributed by atoms with Crippen LogP contribution in [-0.2, 0) is 0 Å². The molecule has 3 nitrogen and oxygen atoms in total. The van der Waals surface area contributed by atoms with Gasteiger partial charge in [0.25, 0.3) is 0 Å². The zero-order chi connectivity index (χ0) is 16.1. The van der Waals surface area contributed by atoms with E-state index in [1.165, 1.54) is 0 Å². The summed E-state index contributed by atoms with van der Waals surface area (Å²) in [5.41, 5.74) is 9.44. The number of aliphatic hydroxyl groups excluding tert-OH is 1. The van der Waals surface area contributed by atoms with Crippen molar-refractivity contribution in [3.63, 3.8) is 0 Å². The second-order valence-corrected chi connectivity index (χ2v) is 5.38. The van der Waals surface area contributed by atoms with Crippen molar-refractivity contribution in [1.82, 2.24) is 0 Å². The molecule has 0 aliphatic rings. The molecule has 0 heterocycles. The van der Waals surface area contributed by atoms with Crippen molar-refractivity contribution >= 4 is 5.69 Å². The summed E-state index contributed by atoms with van der Waals surface area (Å²) in [7, 11) is 0. The standard InChI is InChI=1S/C20H19NO2/c21-18-10-12-19(13-11-18)23-14-20(22)17-8-6-16(7-9-17)15-4-2-1-3-5-15/h1-13,20,22H,14,21H2. The van der Waals surface area contributed by atoms with Crippen LogP contribution in [0.15, 0.2) is 78.9 Å². The number of nitrogen functional groups attached to an aromatic ring is 1. The molecule has 0 aliphatic carbocycles. The topological polar surface area (TPSA) is 55.5 Å². The lowest BCUT2D eigenvalue weighted by atomic mass is 10.0. The van der Waals surface area contributed by atoms with E-state index in [1.807, 2.05) is 42.5 Å². The SMILES string of the molecule is Nc1ccc(OCC(O)c2ccc(-c3ccccc3)cc2)cc1. The van der Waals surface area contributed by atoms with E-state index in [2.05, 4.69) is 12.1 Å². The molecule has 0 spiro atoms. The van der Waals surface area contributed by atoms with E-state index in [0.717, 1.165) is 16.7 Å². The molecule has 0 radical (unpaired) electrons. The fraction of sp³-hybridized carbons (Fsp3) is 0.100. The van der Waals surface area contributed by atoms with Crippen molar-refractivity contribution < 1.29 is 9.84 Å². The Kier molecular flexibility index (Phi) is 4.60. The van der Waals surface area contributed by atoms with Gasteiger partial charge in [-0.15, -0.1) is 0 Å². The van der Waals surface area contributed by atoms with Crippen molar-refractivity contribution in [2.45, 2.75) is 6.10 Å². The Bertz CT molecular complexity index is 737. The van der Waals surface area contributed by atoms with E-state index in [4.69, 9.17) is 10.5 Å². The van der Waals surface area contributed by atoms with Gasteiger partial charge in [-0.25, -0.2) is 0 Å². The molecule has 3 heteroatoms.